The van der Waals surface area contributed by atoms with Gasteiger partial charge in [-0.2, -0.15) is 0 Å². The lowest BCUT2D eigenvalue weighted by atomic mass is 10.0. The largest absolute Gasteiger partial charge is 0.462 e. The van der Waals surface area contributed by atoms with Crippen molar-refractivity contribution in [1.29, 1.82) is 0 Å². The van der Waals surface area contributed by atoms with Gasteiger partial charge in [-0.15, -0.1) is 0 Å². The van der Waals surface area contributed by atoms with Crippen molar-refractivity contribution in [2.24, 2.45) is 0 Å². The molecule has 0 aromatic rings. The van der Waals surface area contributed by atoms with Crippen molar-refractivity contribution in [2.75, 3.05) is 6.61 Å². The molecule has 0 heterocycles. The van der Waals surface area contributed by atoms with E-state index in [9.17, 15) is 19.8 Å². The highest BCUT2D eigenvalue weighted by atomic mass is 16.5. The van der Waals surface area contributed by atoms with Crippen LogP contribution in [0.2, 0.25) is 0 Å². The molecule has 0 saturated carbocycles. The predicted molar refractivity (Wildman–Crippen MR) is 223 cm³/mol. The van der Waals surface area contributed by atoms with E-state index in [0.29, 0.717) is 19.3 Å². The van der Waals surface area contributed by atoms with Crippen LogP contribution in [-0.4, -0.2) is 46.9 Å². The van der Waals surface area contributed by atoms with Gasteiger partial charge >= 0.3 is 5.97 Å². The minimum absolute atomic E-state index is 0.0860. The van der Waals surface area contributed by atoms with Gasteiger partial charge in [-0.1, -0.05) is 220 Å². The van der Waals surface area contributed by atoms with Gasteiger partial charge in [0.2, 0.25) is 5.91 Å². The van der Waals surface area contributed by atoms with Gasteiger partial charge in [0.15, 0.2) is 0 Å². The lowest BCUT2D eigenvalue weighted by Gasteiger charge is -2.24. The molecule has 0 bridgehead atoms. The van der Waals surface area contributed by atoms with Crippen LogP contribution in [0.1, 0.15) is 258 Å². The number of unbranched alkanes of at least 4 members (excludes halogenated alkanes) is 30. The van der Waals surface area contributed by atoms with Gasteiger partial charge < -0.3 is 20.3 Å². The van der Waals surface area contributed by atoms with Crippen molar-refractivity contribution in [3.05, 3.63) is 0 Å². The summed E-state index contributed by atoms with van der Waals surface area (Å²) in [5.41, 5.74) is 0. The molecule has 3 atom stereocenters. The molecule has 3 N–H and O–H groups in total. The molecule has 0 aromatic carbocycles. The highest BCUT2D eigenvalue weighted by Gasteiger charge is 2.24. The highest BCUT2D eigenvalue weighted by Crippen LogP contribution is 2.18. The summed E-state index contributed by atoms with van der Waals surface area (Å²) in [6.07, 6.45) is 41.6. The minimum atomic E-state index is -0.777. The average Bonchev–Trinajstić information content (AvgIpc) is 3.13. The van der Waals surface area contributed by atoms with Gasteiger partial charge in [0, 0.05) is 6.42 Å². The lowest BCUT2D eigenvalue weighted by Crippen LogP contribution is -2.46. The van der Waals surface area contributed by atoms with E-state index >= 15 is 0 Å². The van der Waals surface area contributed by atoms with Crippen LogP contribution in [0.15, 0.2) is 0 Å². The third kappa shape index (κ3) is 35.9. The number of hydrogen-bond donors (Lipinski definition) is 3. The number of aliphatic hydroxyl groups is 2. The first-order valence-electron chi connectivity index (χ1n) is 23.3. The lowest BCUT2D eigenvalue weighted by molar-refractivity contribution is -0.151. The summed E-state index contributed by atoms with van der Waals surface area (Å²) in [5.74, 6) is -0.461. The van der Waals surface area contributed by atoms with Crippen molar-refractivity contribution < 1.29 is 24.5 Å². The molecule has 0 aromatic heterocycles. The zero-order valence-electron chi connectivity index (χ0n) is 35.2. The maximum absolute atomic E-state index is 13.1. The van der Waals surface area contributed by atoms with Gasteiger partial charge in [0.25, 0.3) is 0 Å². The summed E-state index contributed by atoms with van der Waals surface area (Å²) >= 11 is 0. The van der Waals surface area contributed by atoms with Crippen molar-refractivity contribution >= 4 is 11.9 Å². The Morgan fingerprint density at radius 2 is 0.808 bits per heavy atom. The summed E-state index contributed by atoms with van der Waals surface area (Å²) in [5, 5.41) is 23.6. The van der Waals surface area contributed by atoms with Crippen LogP contribution < -0.4 is 5.32 Å². The molecule has 0 aliphatic carbocycles. The fourth-order valence-electron chi connectivity index (χ4n) is 7.37. The number of aliphatic hydroxyl groups excluding tert-OH is 2. The van der Waals surface area contributed by atoms with Crippen molar-refractivity contribution in [3.63, 3.8) is 0 Å². The van der Waals surface area contributed by atoms with Crippen LogP contribution >= 0.6 is 0 Å². The van der Waals surface area contributed by atoms with Crippen LogP contribution in [0.5, 0.6) is 0 Å². The van der Waals surface area contributed by atoms with Gasteiger partial charge in [0.1, 0.15) is 6.10 Å². The first-order valence-corrected chi connectivity index (χ1v) is 23.3. The first-order chi connectivity index (χ1) is 25.5. The zero-order chi connectivity index (χ0) is 38.2. The number of nitrogens with one attached hydrogen (secondary N) is 1. The van der Waals surface area contributed by atoms with Crippen LogP contribution in [-0.2, 0) is 14.3 Å². The Kier molecular flexibility index (Phi) is 40.1. The predicted octanol–water partition coefficient (Wildman–Crippen LogP) is 13.2. The fourth-order valence-corrected chi connectivity index (χ4v) is 7.37. The third-order valence-electron chi connectivity index (χ3n) is 10.9. The van der Waals surface area contributed by atoms with E-state index in [2.05, 4.69) is 26.1 Å². The van der Waals surface area contributed by atoms with E-state index in [0.717, 1.165) is 44.9 Å². The number of rotatable bonds is 42. The molecule has 0 radical (unpaired) electrons. The normalized spacial score (nSPS) is 13.2. The molecular weight excluding hydrogens is 647 g/mol. The number of esters is 1. The molecular formula is C46H91NO5. The topological polar surface area (TPSA) is 95.9 Å². The molecule has 0 aliphatic rings. The number of amides is 1. The molecule has 0 saturated heterocycles. The monoisotopic (exact) mass is 738 g/mol. The molecule has 0 fully saturated rings. The van der Waals surface area contributed by atoms with Gasteiger partial charge in [-0.25, -0.2) is 0 Å². The molecule has 0 spiro atoms. The SMILES string of the molecule is CCCCCCCCCCCCCCCC(O)C(CO)NC(=O)CC(CCCCCCCCCC)OC(=O)CCCCCCCCCCCCCC. The van der Waals surface area contributed by atoms with Crippen molar-refractivity contribution in [2.45, 2.75) is 277 Å². The Morgan fingerprint density at radius 1 is 0.481 bits per heavy atom. The molecule has 6 heteroatoms. The summed E-state index contributed by atoms with van der Waals surface area (Å²) in [7, 11) is 0. The molecule has 0 aliphatic heterocycles. The van der Waals surface area contributed by atoms with E-state index in [1.807, 2.05) is 0 Å². The van der Waals surface area contributed by atoms with Gasteiger partial charge in [-0.05, 0) is 25.7 Å². The number of ether oxygens (including phenoxy) is 1. The molecule has 0 rings (SSSR count). The maximum atomic E-state index is 13.1. The average molecular weight is 738 g/mol. The second-order valence-electron chi connectivity index (χ2n) is 16.2. The van der Waals surface area contributed by atoms with Crippen LogP contribution in [0.4, 0.5) is 0 Å². The van der Waals surface area contributed by atoms with E-state index < -0.39 is 18.2 Å². The van der Waals surface area contributed by atoms with E-state index in [1.165, 1.54) is 167 Å². The van der Waals surface area contributed by atoms with Crippen molar-refractivity contribution in [1.82, 2.24) is 5.32 Å². The first kappa shape index (κ1) is 50.9. The van der Waals surface area contributed by atoms with Crippen LogP contribution in [0, 0.1) is 0 Å². The summed E-state index contributed by atoms with van der Waals surface area (Å²) in [6, 6.07) is -0.689. The summed E-state index contributed by atoms with van der Waals surface area (Å²) < 4.78 is 5.88. The van der Waals surface area contributed by atoms with Crippen LogP contribution in [0.3, 0.4) is 0 Å². The second kappa shape index (κ2) is 41.0. The smallest absolute Gasteiger partial charge is 0.306 e. The van der Waals surface area contributed by atoms with Crippen LogP contribution in [0.25, 0.3) is 0 Å². The van der Waals surface area contributed by atoms with Crippen molar-refractivity contribution in [3.8, 4) is 0 Å². The second-order valence-corrected chi connectivity index (χ2v) is 16.2. The molecule has 3 unspecified atom stereocenters. The standard InChI is InChI=1S/C46H91NO5/c1-4-7-10-13-16-19-21-23-24-26-29-32-35-38-44(49)43(41-48)47-45(50)40-42(37-34-31-28-18-15-12-9-6-3)52-46(51)39-36-33-30-27-25-22-20-17-14-11-8-5-2/h42-44,48-49H,4-41H2,1-3H3,(H,47,50). The minimum Gasteiger partial charge on any atom is -0.462 e. The maximum Gasteiger partial charge on any atom is 0.306 e. The van der Waals surface area contributed by atoms with E-state index in [4.69, 9.17) is 4.74 Å². The Morgan fingerprint density at radius 3 is 1.17 bits per heavy atom. The zero-order valence-corrected chi connectivity index (χ0v) is 35.2. The quantitative estimate of drug-likeness (QED) is 0.0428. The highest BCUT2D eigenvalue weighted by molar-refractivity contribution is 5.77. The molecule has 52 heavy (non-hydrogen) atoms. The van der Waals surface area contributed by atoms with Gasteiger partial charge in [-0.3, -0.25) is 9.59 Å². The molecule has 310 valence electrons. The molecule has 6 nitrogen and oxygen atoms in total. The fraction of sp³-hybridized carbons (Fsp3) is 0.957. The summed E-state index contributed by atoms with van der Waals surface area (Å²) in [6.45, 7) is 6.46. The Hall–Kier alpha value is -1.14. The van der Waals surface area contributed by atoms with Gasteiger partial charge in [0.05, 0.1) is 25.2 Å². The number of carbonyl (C=O) groups excluding carboxylic acids is 2. The number of carbonyl (C=O) groups is 2. The Balaban J connectivity index is 4.43. The number of hydrogen-bond acceptors (Lipinski definition) is 5. The van der Waals surface area contributed by atoms with E-state index in [-0.39, 0.29) is 24.9 Å². The molecule has 1 amide bonds. The third-order valence-corrected chi connectivity index (χ3v) is 10.9. The summed E-state index contributed by atoms with van der Waals surface area (Å²) in [4.78, 5) is 25.9. The van der Waals surface area contributed by atoms with E-state index in [1.54, 1.807) is 0 Å². The Labute approximate surface area is 324 Å². The Bertz CT molecular complexity index is 746.